The fourth-order valence-electron chi connectivity index (χ4n) is 2.91. The van der Waals surface area contributed by atoms with Crippen LogP contribution in [-0.2, 0) is 9.53 Å². The lowest BCUT2D eigenvalue weighted by atomic mass is 9.85. The lowest BCUT2D eigenvalue weighted by Gasteiger charge is -2.21. The minimum absolute atomic E-state index is 0.221. The maximum atomic E-state index is 10.9. The Morgan fingerprint density at radius 3 is 2.91 bits per heavy atom. The molecular formula is C20H28O3. The van der Waals surface area contributed by atoms with Gasteiger partial charge in [0.2, 0.25) is 0 Å². The minimum atomic E-state index is -0.792. The summed E-state index contributed by atoms with van der Waals surface area (Å²) in [5.41, 5.74) is 2.86. The zero-order valence-electron chi connectivity index (χ0n) is 14.2. The van der Waals surface area contributed by atoms with Gasteiger partial charge in [0.1, 0.15) is 0 Å². The van der Waals surface area contributed by atoms with Gasteiger partial charge in [-0.25, -0.2) is 0 Å². The average molecular weight is 316 g/mol. The number of ether oxygens (including phenoxy) is 1. The molecule has 2 aliphatic carbocycles. The molecular weight excluding hydrogens is 288 g/mol. The Kier molecular flexibility index (Phi) is 6.85. The third-order valence-electron chi connectivity index (χ3n) is 4.73. The van der Waals surface area contributed by atoms with E-state index in [1.54, 1.807) is 6.92 Å². The predicted octanol–water partition coefficient (Wildman–Crippen LogP) is 4.67. The van der Waals surface area contributed by atoms with E-state index in [2.05, 4.69) is 36.5 Å². The number of aliphatic carboxylic acids is 1. The van der Waals surface area contributed by atoms with Crippen LogP contribution in [0.15, 0.2) is 47.6 Å². The third-order valence-corrected chi connectivity index (χ3v) is 4.73. The van der Waals surface area contributed by atoms with Gasteiger partial charge >= 0.3 is 5.97 Å². The number of carboxylic acid groups (broad SMARTS) is 1. The smallest absolute Gasteiger partial charge is 0.308 e. The molecule has 126 valence electrons. The van der Waals surface area contributed by atoms with Crippen LogP contribution in [0.5, 0.6) is 0 Å². The van der Waals surface area contributed by atoms with Crippen LogP contribution in [0.2, 0.25) is 0 Å². The van der Waals surface area contributed by atoms with Gasteiger partial charge < -0.3 is 9.84 Å². The van der Waals surface area contributed by atoms with Crippen molar-refractivity contribution in [2.45, 2.75) is 52.1 Å². The van der Waals surface area contributed by atoms with E-state index >= 15 is 0 Å². The molecule has 0 saturated heterocycles. The van der Waals surface area contributed by atoms with Crippen molar-refractivity contribution in [1.82, 2.24) is 0 Å². The fourth-order valence-corrected chi connectivity index (χ4v) is 2.91. The Hall–Kier alpha value is -1.61. The largest absolute Gasteiger partial charge is 0.481 e. The maximum Gasteiger partial charge on any atom is 0.308 e. The third kappa shape index (κ3) is 5.51. The van der Waals surface area contributed by atoms with Gasteiger partial charge in [0.25, 0.3) is 0 Å². The first-order valence-corrected chi connectivity index (χ1v) is 8.68. The van der Waals surface area contributed by atoms with Gasteiger partial charge in [-0.2, -0.15) is 0 Å². The number of hydrogen-bond acceptors (Lipinski definition) is 2. The van der Waals surface area contributed by atoms with Crippen LogP contribution in [0.4, 0.5) is 0 Å². The summed E-state index contributed by atoms with van der Waals surface area (Å²) in [5, 5.41) is 8.92. The summed E-state index contributed by atoms with van der Waals surface area (Å²) in [6.07, 6.45) is 18.8. The van der Waals surface area contributed by atoms with Crippen LogP contribution in [-0.4, -0.2) is 23.8 Å². The molecule has 0 aromatic rings. The van der Waals surface area contributed by atoms with E-state index in [0.29, 0.717) is 12.5 Å². The van der Waals surface area contributed by atoms with Gasteiger partial charge in [-0.3, -0.25) is 4.79 Å². The average Bonchev–Trinajstić information content (AvgIpc) is 2.56. The number of allylic oxidation sites excluding steroid dienone is 8. The van der Waals surface area contributed by atoms with Crippen molar-refractivity contribution in [2.24, 2.45) is 11.8 Å². The molecule has 1 N–H and O–H groups in total. The number of carbonyl (C=O) groups is 1. The molecule has 0 fully saturated rings. The molecule has 0 radical (unpaired) electrons. The topological polar surface area (TPSA) is 46.5 Å². The van der Waals surface area contributed by atoms with E-state index in [9.17, 15) is 4.79 Å². The molecule has 0 spiro atoms. The molecule has 0 heterocycles. The van der Waals surface area contributed by atoms with Crippen LogP contribution in [0.25, 0.3) is 0 Å². The Bertz CT molecular complexity index is 525. The Labute approximate surface area is 139 Å². The Balaban J connectivity index is 1.59. The number of hydrogen-bond donors (Lipinski definition) is 1. The molecule has 0 aromatic carbocycles. The molecule has 3 atom stereocenters. The van der Waals surface area contributed by atoms with E-state index in [0.717, 1.165) is 32.1 Å². The lowest BCUT2D eigenvalue weighted by molar-refractivity contribution is -0.146. The lowest BCUT2D eigenvalue weighted by Crippen LogP contribution is -2.25. The predicted molar refractivity (Wildman–Crippen MR) is 93.2 cm³/mol. The van der Waals surface area contributed by atoms with Gasteiger partial charge in [0, 0.05) is 12.5 Å². The molecule has 2 rings (SSSR count). The molecule has 3 heteroatoms. The van der Waals surface area contributed by atoms with E-state index in [-0.39, 0.29) is 6.10 Å². The maximum absolute atomic E-state index is 10.9. The summed E-state index contributed by atoms with van der Waals surface area (Å²) in [6, 6.07) is 0. The first-order valence-electron chi connectivity index (χ1n) is 8.68. The molecule has 0 amide bonds. The number of fused-ring (bicyclic) bond motifs is 1. The van der Waals surface area contributed by atoms with Crippen LogP contribution < -0.4 is 0 Å². The van der Waals surface area contributed by atoms with Crippen molar-refractivity contribution >= 4 is 5.97 Å². The summed E-state index contributed by atoms with van der Waals surface area (Å²) in [5.74, 6) is -0.666. The van der Waals surface area contributed by atoms with Crippen molar-refractivity contribution in [1.29, 1.82) is 0 Å². The molecule has 3 nitrogen and oxygen atoms in total. The van der Waals surface area contributed by atoms with E-state index < -0.39 is 11.9 Å². The Morgan fingerprint density at radius 2 is 2.13 bits per heavy atom. The van der Waals surface area contributed by atoms with Crippen molar-refractivity contribution in [3.8, 4) is 0 Å². The molecule has 1 unspecified atom stereocenters. The molecule has 2 aliphatic rings. The van der Waals surface area contributed by atoms with E-state index in [1.165, 1.54) is 11.1 Å². The highest BCUT2D eigenvalue weighted by Gasteiger charge is 2.19. The first kappa shape index (κ1) is 17.7. The van der Waals surface area contributed by atoms with Gasteiger partial charge in [-0.1, -0.05) is 48.5 Å². The van der Waals surface area contributed by atoms with Crippen molar-refractivity contribution in [3.63, 3.8) is 0 Å². The molecule has 0 aliphatic heterocycles. The second-order valence-electron chi connectivity index (χ2n) is 6.53. The highest BCUT2D eigenvalue weighted by Crippen LogP contribution is 2.30. The fraction of sp³-hybridized carbons (Fsp3) is 0.550. The zero-order chi connectivity index (χ0) is 16.7. The van der Waals surface area contributed by atoms with Crippen molar-refractivity contribution < 1.29 is 14.6 Å². The molecule has 0 aromatic heterocycles. The minimum Gasteiger partial charge on any atom is -0.481 e. The summed E-state index contributed by atoms with van der Waals surface area (Å²) in [7, 11) is 0. The standard InChI is InChI=1S/C20H28O3/c1-15(20(21)22)16(2)23-13-7-3-4-8-17-11-12-18-9-5-6-10-19(18)14-17/h5-6,9,11-12,14-16,19H,3-4,7-8,10,13H2,1-2H3,(H,21,22)/t15-,16+,19?/m1/s1. The highest BCUT2D eigenvalue weighted by molar-refractivity contribution is 5.70. The number of unbranched alkanes of at least 4 members (excludes halogenated alkanes) is 2. The summed E-state index contributed by atoms with van der Waals surface area (Å²) >= 11 is 0. The first-order chi connectivity index (χ1) is 11.1. The van der Waals surface area contributed by atoms with Crippen LogP contribution in [0.1, 0.15) is 46.0 Å². The summed E-state index contributed by atoms with van der Waals surface area (Å²) in [6.45, 7) is 4.17. The van der Waals surface area contributed by atoms with Gasteiger partial charge in [0.15, 0.2) is 0 Å². The van der Waals surface area contributed by atoms with Gasteiger partial charge in [0.05, 0.1) is 12.0 Å². The Morgan fingerprint density at radius 1 is 1.30 bits per heavy atom. The second kappa shape index (κ2) is 8.88. The van der Waals surface area contributed by atoms with Crippen molar-refractivity contribution in [2.75, 3.05) is 6.61 Å². The number of carboxylic acids is 1. The van der Waals surface area contributed by atoms with Crippen molar-refractivity contribution in [3.05, 3.63) is 47.6 Å². The molecule has 0 bridgehead atoms. The van der Waals surface area contributed by atoms with E-state index in [4.69, 9.17) is 9.84 Å². The highest BCUT2D eigenvalue weighted by atomic mass is 16.5. The second-order valence-corrected chi connectivity index (χ2v) is 6.53. The summed E-state index contributed by atoms with van der Waals surface area (Å²) < 4.78 is 5.60. The zero-order valence-corrected chi connectivity index (χ0v) is 14.2. The number of rotatable bonds is 9. The summed E-state index contributed by atoms with van der Waals surface area (Å²) in [4.78, 5) is 10.9. The normalized spacial score (nSPS) is 22.1. The monoisotopic (exact) mass is 316 g/mol. The van der Waals surface area contributed by atoms with Gasteiger partial charge in [-0.15, -0.1) is 0 Å². The van der Waals surface area contributed by atoms with Crippen LogP contribution >= 0.6 is 0 Å². The van der Waals surface area contributed by atoms with Gasteiger partial charge in [-0.05, 0) is 45.1 Å². The molecule has 23 heavy (non-hydrogen) atoms. The quantitative estimate of drug-likeness (QED) is 0.629. The SMILES string of the molecule is C[C@H](OCCCCCC1=CC2CC=CC=C2C=C1)[C@@H](C)C(=O)O. The van der Waals surface area contributed by atoms with Crippen LogP contribution in [0.3, 0.4) is 0 Å². The van der Waals surface area contributed by atoms with E-state index in [1.807, 2.05) is 6.92 Å². The van der Waals surface area contributed by atoms with Crippen LogP contribution in [0, 0.1) is 11.8 Å². The molecule has 0 saturated carbocycles.